The Morgan fingerprint density at radius 2 is 1.82 bits per heavy atom. The van der Waals surface area contributed by atoms with Crippen molar-refractivity contribution in [2.45, 2.75) is 18.8 Å². The number of nitrogens with zero attached hydrogens (tertiary/aromatic N) is 2. The molecule has 1 spiro atoms. The summed E-state index contributed by atoms with van der Waals surface area (Å²) in [6.07, 6.45) is 0. The monoisotopic (exact) mass is 295 g/mol. The maximum Gasteiger partial charge on any atom is 0.343 e. The van der Waals surface area contributed by atoms with E-state index in [0.717, 1.165) is 11.1 Å². The van der Waals surface area contributed by atoms with E-state index < -0.39 is 16.7 Å². The summed E-state index contributed by atoms with van der Waals surface area (Å²) in [5.74, 6) is -1.43. The number of rotatable bonds is 1. The smallest absolute Gasteiger partial charge is 0.311 e. The van der Waals surface area contributed by atoms with Crippen molar-refractivity contribution in [2.24, 2.45) is 16.6 Å². The number of hydrogen-bond acceptors (Lipinski definition) is 5. The Labute approximate surface area is 127 Å². The minimum atomic E-state index is -1.32. The van der Waals surface area contributed by atoms with E-state index in [-0.39, 0.29) is 11.8 Å². The first kappa shape index (κ1) is 13.3. The van der Waals surface area contributed by atoms with E-state index in [0.29, 0.717) is 13.2 Å². The Morgan fingerprint density at radius 1 is 1.18 bits per heavy atom. The van der Waals surface area contributed by atoms with Gasteiger partial charge in [0, 0.05) is 5.92 Å². The lowest BCUT2D eigenvalue weighted by atomic mass is 9.94. The van der Waals surface area contributed by atoms with Gasteiger partial charge in [0.2, 0.25) is 0 Å². The highest BCUT2D eigenvalue weighted by Crippen LogP contribution is 2.78. The maximum absolute atomic E-state index is 9.92. The molecule has 0 amide bonds. The number of nitriles is 2. The van der Waals surface area contributed by atoms with Crippen LogP contribution in [-0.4, -0.2) is 25.0 Å². The normalized spacial score (nSPS) is 37.2. The number of aryl methyl sites for hydroxylation is 1. The SMILES string of the molecule is Cc1ccc([C@@H]2[C@]3(C#N)C(N)=[NH+]C4(OCCO4)[C@]23C#N)cc1. The van der Waals surface area contributed by atoms with Gasteiger partial charge in [0.1, 0.15) is 0 Å². The molecule has 2 heterocycles. The van der Waals surface area contributed by atoms with E-state index in [9.17, 15) is 10.5 Å². The molecule has 1 aromatic rings. The highest BCUT2D eigenvalue weighted by molar-refractivity contribution is 5.95. The molecule has 4 rings (SSSR count). The van der Waals surface area contributed by atoms with Crippen molar-refractivity contribution in [1.29, 1.82) is 10.5 Å². The number of benzene rings is 1. The fourth-order valence-electron chi connectivity index (χ4n) is 4.08. The molecule has 2 fully saturated rings. The van der Waals surface area contributed by atoms with E-state index in [1.54, 1.807) is 0 Å². The molecule has 0 aromatic heterocycles. The number of hydrogen-bond donors (Lipinski definition) is 2. The highest BCUT2D eigenvalue weighted by atomic mass is 16.8. The third-order valence-electron chi connectivity index (χ3n) is 5.11. The lowest BCUT2D eigenvalue weighted by Crippen LogP contribution is -2.89. The van der Waals surface area contributed by atoms with Crippen molar-refractivity contribution in [3.8, 4) is 12.1 Å². The summed E-state index contributed by atoms with van der Waals surface area (Å²) >= 11 is 0. The Bertz CT molecular complexity index is 767. The van der Waals surface area contributed by atoms with Gasteiger partial charge in [-0.05, 0) is 12.5 Å². The quantitative estimate of drug-likeness (QED) is 0.710. The Kier molecular flexibility index (Phi) is 2.33. The molecular weight excluding hydrogens is 280 g/mol. The largest absolute Gasteiger partial charge is 0.343 e. The van der Waals surface area contributed by atoms with Crippen molar-refractivity contribution in [2.75, 3.05) is 13.2 Å². The molecule has 110 valence electrons. The van der Waals surface area contributed by atoms with Crippen molar-refractivity contribution in [3.05, 3.63) is 35.4 Å². The molecule has 1 aliphatic carbocycles. The van der Waals surface area contributed by atoms with Crippen LogP contribution in [0.4, 0.5) is 0 Å². The van der Waals surface area contributed by atoms with Gasteiger partial charge in [0.25, 0.3) is 5.84 Å². The fraction of sp³-hybridized carbons (Fsp3) is 0.438. The second kappa shape index (κ2) is 3.86. The van der Waals surface area contributed by atoms with Crippen molar-refractivity contribution in [1.82, 2.24) is 0 Å². The lowest BCUT2D eigenvalue weighted by molar-refractivity contribution is -0.676. The lowest BCUT2D eigenvalue weighted by Gasteiger charge is -2.23. The number of ether oxygens (including phenoxy) is 2. The Hall–Kier alpha value is -2.41. The van der Waals surface area contributed by atoms with Crippen molar-refractivity contribution < 1.29 is 14.5 Å². The third kappa shape index (κ3) is 1.13. The van der Waals surface area contributed by atoms with Gasteiger partial charge in [0.05, 0.1) is 25.4 Å². The van der Waals surface area contributed by atoms with Crippen LogP contribution in [-0.2, 0) is 9.47 Å². The first-order chi connectivity index (χ1) is 10.6. The molecule has 1 aromatic carbocycles. The second-order valence-electron chi connectivity index (χ2n) is 6.04. The standard InChI is InChI=1S/C16H14N4O2/c1-10-2-4-11(5-3-10)12-14(8-17)13(19)20-16(15(12,14)9-18)21-6-7-22-16/h2-5,12H,6-7H2,1H3,(H2,19,20)/p+1/t12-,14-,15-/m1/s1. The van der Waals surface area contributed by atoms with Crippen LogP contribution in [0.1, 0.15) is 17.0 Å². The Morgan fingerprint density at radius 3 is 2.36 bits per heavy atom. The van der Waals surface area contributed by atoms with Gasteiger partial charge < -0.3 is 9.47 Å². The topological polar surface area (TPSA) is 106 Å². The predicted molar refractivity (Wildman–Crippen MR) is 74.8 cm³/mol. The third-order valence-corrected chi connectivity index (χ3v) is 5.11. The van der Waals surface area contributed by atoms with Crippen LogP contribution >= 0.6 is 0 Å². The molecule has 2 aliphatic heterocycles. The molecule has 3 N–H and O–H groups in total. The molecule has 6 nitrogen and oxygen atoms in total. The first-order valence-corrected chi connectivity index (χ1v) is 7.16. The van der Waals surface area contributed by atoms with E-state index in [4.69, 9.17) is 15.2 Å². The minimum Gasteiger partial charge on any atom is -0.311 e. The molecule has 0 unspecified atom stereocenters. The predicted octanol–water partition coefficient (Wildman–Crippen LogP) is -0.736. The van der Waals surface area contributed by atoms with Crippen LogP contribution in [0.25, 0.3) is 0 Å². The highest BCUT2D eigenvalue weighted by Gasteiger charge is 2.97. The molecule has 3 atom stereocenters. The van der Waals surface area contributed by atoms with Crippen LogP contribution in [0.2, 0.25) is 0 Å². The summed E-state index contributed by atoms with van der Waals surface area (Å²) < 4.78 is 11.4. The molecule has 3 aliphatic rings. The zero-order chi connectivity index (χ0) is 15.6. The van der Waals surface area contributed by atoms with Gasteiger partial charge in [0.15, 0.2) is 10.8 Å². The van der Waals surface area contributed by atoms with Crippen LogP contribution in [0.15, 0.2) is 24.3 Å². The molecular formula is C16H15N4O2+. The molecule has 1 saturated carbocycles. The summed E-state index contributed by atoms with van der Waals surface area (Å²) in [6, 6.07) is 12.4. The average molecular weight is 295 g/mol. The summed E-state index contributed by atoms with van der Waals surface area (Å²) in [5, 5.41) is 19.7. The summed E-state index contributed by atoms with van der Waals surface area (Å²) in [5.41, 5.74) is 5.84. The van der Waals surface area contributed by atoms with Crippen LogP contribution in [0, 0.1) is 40.4 Å². The van der Waals surface area contributed by atoms with Crippen LogP contribution in [0.3, 0.4) is 0 Å². The zero-order valence-electron chi connectivity index (χ0n) is 12.1. The van der Waals surface area contributed by atoms with Crippen molar-refractivity contribution in [3.63, 3.8) is 0 Å². The minimum absolute atomic E-state index is 0.254. The van der Waals surface area contributed by atoms with Gasteiger partial charge in [-0.2, -0.15) is 10.5 Å². The second-order valence-corrected chi connectivity index (χ2v) is 6.04. The number of nitrogens with two attached hydrogens (primary N) is 1. The molecule has 6 heteroatoms. The van der Waals surface area contributed by atoms with Gasteiger partial charge in [-0.1, -0.05) is 29.8 Å². The van der Waals surface area contributed by atoms with Gasteiger partial charge >= 0.3 is 5.91 Å². The Balaban J connectivity index is 1.92. The molecule has 22 heavy (non-hydrogen) atoms. The average Bonchev–Trinajstić information content (AvgIpc) is 2.77. The summed E-state index contributed by atoms with van der Waals surface area (Å²) in [6.45, 7) is 2.72. The fourth-order valence-corrected chi connectivity index (χ4v) is 4.08. The summed E-state index contributed by atoms with van der Waals surface area (Å²) in [4.78, 5) is 2.93. The first-order valence-electron chi connectivity index (χ1n) is 7.16. The van der Waals surface area contributed by atoms with E-state index >= 15 is 0 Å². The molecule has 1 saturated heterocycles. The number of fused-ring (bicyclic) bond motifs is 2. The van der Waals surface area contributed by atoms with Gasteiger partial charge in [-0.25, -0.2) is 4.99 Å². The maximum atomic E-state index is 9.92. The molecule has 0 radical (unpaired) electrons. The van der Waals surface area contributed by atoms with Crippen molar-refractivity contribution >= 4 is 5.84 Å². The van der Waals surface area contributed by atoms with Crippen LogP contribution in [0.5, 0.6) is 0 Å². The molecule has 0 bridgehead atoms. The van der Waals surface area contributed by atoms with Gasteiger partial charge in [-0.15, -0.1) is 0 Å². The van der Waals surface area contributed by atoms with Gasteiger partial charge in [-0.3, -0.25) is 5.73 Å². The van der Waals surface area contributed by atoms with Crippen LogP contribution < -0.4 is 10.7 Å². The van der Waals surface area contributed by atoms with E-state index in [1.165, 1.54) is 0 Å². The number of amidine groups is 1. The van der Waals surface area contributed by atoms with E-state index in [1.807, 2.05) is 31.2 Å². The number of nitrogens with one attached hydrogen (secondary N) is 1. The zero-order valence-corrected chi connectivity index (χ0v) is 12.1. The van der Waals surface area contributed by atoms with E-state index in [2.05, 4.69) is 17.1 Å². The summed E-state index contributed by atoms with van der Waals surface area (Å²) in [7, 11) is 0.